The van der Waals surface area contributed by atoms with Gasteiger partial charge in [-0.1, -0.05) is 11.6 Å². The molecule has 0 saturated heterocycles. The standard InChI is InChI=1S/C9H7ClF3NO2/c1-16-6(15)2-4-7(10)5(8(11)12)3-14-9(4)13/h3,8H,2H2,1H3. The molecule has 0 unspecified atom stereocenters. The minimum atomic E-state index is -2.88. The van der Waals surface area contributed by atoms with Crippen LogP contribution in [0, 0.1) is 5.95 Å². The molecule has 1 aromatic rings. The van der Waals surface area contributed by atoms with Gasteiger partial charge in [0.25, 0.3) is 6.43 Å². The van der Waals surface area contributed by atoms with Crippen LogP contribution in [-0.4, -0.2) is 18.1 Å². The first-order chi connectivity index (χ1) is 7.47. The Bertz CT molecular complexity index is 412. The van der Waals surface area contributed by atoms with E-state index in [0.717, 1.165) is 7.11 Å². The SMILES string of the molecule is COC(=O)Cc1c(F)ncc(C(F)F)c1Cl. The van der Waals surface area contributed by atoms with Crippen molar-refractivity contribution >= 4 is 17.6 Å². The van der Waals surface area contributed by atoms with E-state index in [1.165, 1.54) is 0 Å². The fraction of sp³-hybridized carbons (Fsp3) is 0.333. The maximum Gasteiger partial charge on any atom is 0.310 e. The largest absolute Gasteiger partial charge is 0.469 e. The molecular formula is C9H7ClF3NO2. The van der Waals surface area contributed by atoms with E-state index in [1.807, 2.05) is 0 Å². The summed E-state index contributed by atoms with van der Waals surface area (Å²) in [4.78, 5) is 14.0. The minimum absolute atomic E-state index is 0.383. The van der Waals surface area contributed by atoms with E-state index in [-0.39, 0.29) is 5.56 Å². The maximum absolute atomic E-state index is 13.1. The summed E-state index contributed by atoms with van der Waals surface area (Å²) in [5, 5.41) is -0.493. The van der Waals surface area contributed by atoms with Crippen molar-refractivity contribution in [2.45, 2.75) is 12.8 Å². The van der Waals surface area contributed by atoms with Crippen molar-refractivity contribution in [1.82, 2.24) is 4.98 Å². The number of aromatic nitrogens is 1. The Morgan fingerprint density at radius 2 is 2.25 bits per heavy atom. The summed E-state index contributed by atoms with van der Waals surface area (Å²) in [5.41, 5.74) is -0.992. The number of rotatable bonds is 3. The first-order valence-electron chi connectivity index (χ1n) is 4.15. The van der Waals surface area contributed by atoms with Crippen molar-refractivity contribution in [3.63, 3.8) is 0 Å². The Labute approximate surface area is 94.2 Å². The summed E-state index contributed by atoms with van der Waals surface area (Å²) in [6.45, 7) is 0. The van der Waals surface area contributed by atoms with Gasteiger partial charge in [-0.15, -0.1) is 0 Å². The second-order valence-corrected chi connectivity index (χ2v) is 3.23. The highest BCUT2D eigenvalue weighted by Gasteiger charge is 2.21. The van der Waals surface area contributed by atoms with E-state index >= 15 is 0 Å². The molecule has 0 N–H and O–H groups in total. The van der Waals surface area contributed by atoms with Gasteiger partial charge in [0.05, 0.1) is 24.1 Å². The van der Waals surface area contributed by atoms with Crippen LogP contribution >= 0.6 is 11.6 Å². The minimum Gasteiger partial charge on any atom is -0.469 e. The number of hydrogen-bond donors (Lipinski definition) is 0. The van der Waals surface area contributed by atoms with E-state index in [0.29, 0.717) is 6.20 Å². The molecule has 0 aromatic carbocycles. The molecule has 3 nitrogen and oxygen atoms in total. The summed E-state index contributed by atoms with van der Waals surface area (Å²) >= 11 is 5.54. The van der Waals surface area contributed by atoms with Crippen LogP contribution < -0.4 is 0 Å². The van der Waals surface area contributed by atoms with Crippen molar-refractivity contribution in [3.8, 4) is 0 Å². The molecule has 88 valence electrons. The molecule has 0 fully saturated rings. The lowest BCUT2D eigenvalue weighted by Crippen LogP contribution is -2.09. The van der Waals surface area contributed by atoms with E-state index in [9.17, 15) is 18.0 Å². The first-order valence-corrected chi connectivity index (χ1v) is 4.53. The van der Waals surface area contributed by atoms with E-state index in [4.69, 9.17) is 11.6 Å². The molecule has 0 saturated carbocycles. The smallest absolute Gasteiger partial charge is 0.310 e. The molecule has 1 heterocycles. The summed E-state index contributed by atoms with van der Waals surface area (Å²) < 4.78 is 42.2. The average Bonchev–Trinajstić information content (AvgIpc) is 2.23. The molecule has 0 amide bonds. The number of carbonyl (C=O) groups excluding carboxylic acids is 1. The van der Waals surface area contributed by atoms with Crippen LogP contribution in [0.4, 0.5) is 13.2 Å². The van der Waals surface area contributed by atoms with Crippen molar-refractivity contribution in [3.05, 3.63) is 28.3 Å². The molecule has 16 heavy (non-hydrogen) atoms. The van der Waals surface area contributed by atoms with Crippen LogP contribution in [0.3, 0.4) is 0 Å². The van der Waals surface area contributed by atoms with Crippen molar-refractivity contribution < 1.29 is 22.7 Å². The van der Waals surface area contributed by atoms with Gasteiger partial charge < -0.3 is 4.74 Å². The normalized spacial score (nSPS) is 10.6. The molecule has 0 aliphatic carbocycles. The summed E-state index contributed by atoms with van der Waals surface area (Å²) in [6.07, 6.45) is -2.77. The second-order valence-electron chi connectivity index (χ2n) is 2.85. The highest BCUT2D eigenvalue weighted by atomic mass is 35.5. The fourth-order valence-corrected chi connectivity index (χ4v) is 1.32. The Morgan fingerprint density at radius 3 is 2.75 bits per heavy atom. The zero-order chi connectivity index (χ0) is 12.3. The number of esters is 1. The van der Waals surface area contributed by atoms with Crippen LogP contribution in [0.5, 0.6) is 0 Å². The van der Waals surface area contributed by atoms with Crippen LogP contribution in [0.1, 0.15) is 17.6 Å². The van der Waals surface area contributed by atoms with E-state index in [2.05, 4.69) is 9.72 Å². The molecule has 0 radical (unpaired) electrons. The molecule has 0 bridgehead atoms. The van der Waals surface area contributed by atoms with Crippen LogP contribution in [0.15, 0.2) is 6.20 Å². The van der Waals surface area contributed by atoms with Crippen LogP contribution in [0.25, 0.3) is 0 Å². The van der Waals surface area contributed by atoms with E-state index < -0.39 is 35.3 Å². The number of carbonyl (C=O) groups is 1. The lowest BCUT2D eigenvalue weighted by atomic mass is 10.1. The fourth-order valence-electron chi connectivity index (χ4n) is 1.04. The summed E-state index contributed by atoms with van der Waals surface area (Å²) in [5.74, 6) is -1.84. The first kappa shape index (κ1) is 12.8. The van der Waals surface area contributed by atoms with Gasteiger partial charge in [-0.05, 0) is 0 Å². The lowest BCUT2D eigenvalue weighted by Gasteiger charge is -2.08. The van der Waals surface area contributed by atoms with Gasteiger partial charge in [-0.3, -0.25) is 4.79 Å². The van der Waals surface area contributed by atoms with Gasteiger partial charge in [0.2, 0.25) is 5.95 Å². The molecule has 0 atom stereocenters. The third-order valence-electron chi connectivity index (χ3n) is 1.87. The van der Waals surface area contributed by atoms with Gasteiger partial charge in [-0.2, -0.15) is 4.39 Å². The Balaban J connectivity index is 3.16. The van der Waals surface area contributed by atoms with Gasteiger partial charge in [-0.25, -0.2) is 13.8 Å². The van der Waals surface area contributed by atoms with Crippen LogP contribution in [0.2, 0.25) is 5.02 Å². The average molecular weight is 254 g/mol. The third-order valence-corrected chi connectivity index (χ3v) is 2.31. The monoisotopic (exact) mass is 253 g/mol. The van der Waals surface area contributed by atoms with Crippen LogP contribution in [-0.2, 0) is 16.0 Å². The Hall–Kier alpha value is -1.30. The molecule has 7 heteroatoms. The number of pyridine rings is 1. The third kappa shape index (κ3) is 2.63. The second kappa shape index (κ2) is 5.16. The predicted octanol–water partition coefficient (Wildman–Crippen LogP) is 2.53. The number of methoxy groups -OCH3 is 1. The zero-order valence-corrected chi connectivity index (χ0v) is 8.89. The molecule has 1 aromatic heterocycles. The zero-order valence-electron chi connectivity index (χ0n) is 8.14. The van der Waals surface area contributed by atoms with Gasteiger partial charge in [0, 0.05) is 11.8 Å². The Morgan fingerprint density at radius 1 is 1.62 bits per heavy atom. The number of halogens is 4. The molecular weight excluding hydrogens is 247 g/mol. The molecule has 0 spiro atoms. The van der Waals surface area contributed by atoms with E-state index in [1.54, 1.807) is 0 Å². The Kier molecular flexibility index (Phi) is 4.12. The summed E-state index contributed by atoms with van der Waals surface area (Å²) in [6, 6.07) is 0. The highest BCUT2D eigenvalue weighted by Crippen LogP contribution is 2.30. The topological polar surface area (TPSA) is 39.2 Å². The predicted molar refractivity (Wildman–Crippen MR) is 49.9 cm³/mol. The van der Waals surface area contributed by atoms with Crippen molar-refractivity contribution in [1.29, 1.82) is 0 Å². The number of hydrogen-bond acceptors (Lipinski definition) is 3. The maximum atomic E-state index is 13.1. The van der Waals surface area contributed by atoms with Crippen molar-refractivity contribution in [2.75, 3.05) is 7.11 Å². The number of alkyl halides is 2. The van der Waals surface area contributed by atoms with Gasteiger partial charge in [0.15, 0.2) is 0 Å². The lowest BCUT2D eigenvalue weighted by molar-refractivity contribution is -0.139. The van der Waals surface area contributed by atoms with Gasteiger partial charge >= 0.3 is 5.97 Å². The van der Waals surface area contributed by atoms with Gasteiger partial charge in [0.1, 0.15) is 0 Å². The van der Waals surface area contributed by atoms with Crippen molar-refractivity contribution in [2.24, 2.45) is 0 Å². The molecule has 0 aliphatic rings. The quantitative estimate of drug-likeness (QED) is 0.614. The summed E-state index contributed by atoms with van der Waals surface area (Å²) in [7, 11) is 1.10. The number of nitrogens with zero attached hydrogens (tertiary/aromatic N) is 1. The number of ether oxygens (including phenoxy) is 1. The highest BCUT2D eigenvalue weighted by molar-refractivity contribution is 6.32. The molecule has 1 rings (SSSR count). The molecule has 0 aliphatic heterocycles.